The van der Waals surface area contributed by atoms with Gasteiger partial charge < -0.3 is 20.6 Å². The van der Waals surface area contributed by atoms with Crippen LogP contribution < -0.4 is 10.9 Å². The number of H-pyrrole nitrogens is 2. The van der Waals surface area contributed by atoms with Gasteiger partial charge in [0.25, 0.3) is 5.56 Å². The Morgan fingerprint density at radius 1 is 1.14 bits per heavy atom. The summed E-state index contributed by atoms with van der Waals surface area (Å²) in [6.07, 6.45) is 0.140. The van der Waals surface area contributed by atoms with Gasteiger partial charge in [-0.15, -0.1) is 0 Å². The molecule has 1 aliphatic rings. The molecule has 7 heteroatoms. The SMILES string of the molecule is Cc1ccccc1NC(=O)[C@@H]1[C@H](c2ccc(O)cc2)c2c([nH][nH]c2=O)C[C@]1(C)O. The molecule has 0 saturated carbocycles. The second-order valence-electron chi connectivity index (χ2n) is 7.86. The molecule has 2 aromatic carbocycles. The summed E-state index contributed by atoms with van der Waals surface area (Å²) >= 11 is 0. The fourth-order valence-corrected chi connectivity index (χ4v) is 4.26. The lowest BCUT2D eigenvalue weighted by molar-refractivity contribution is -0.130. The third-order valence-corrected chi connectivity index (χ3v) is 5.68. The zero-order valence-electron chi connectivity index (χ0n) is 16.2. The molecule has 1 amide bonds. The van der Waals surface area contributed by atoms with Gasteiger partial charge in [-0.3, -0.25) is 14.7 Å². The zero-order valence-corrected chi connectivity index (χ0v) is 16.2. The quantitative estimate of drug-likeness (QED) is 0.470. The van der Waals surface area contributed by atoms with Crippen LogP contribution in [0.2, 0.25) is 0 Å². The van der Waals surface area contributed by atoms with E-state index < -0.39 is 17.4 Å². The van der Waals surface area contributed by atoms with E-state index in [0.29, 0.717) is 22.5 Å². The first-order valence-corrected chi connectivity index (χ1v) is 9.45. The van der Waals surface area contributed by atoms with E-state index in [4.69, 9.17) is 0 Å². The van der Waals surface area contributed by atoms with Crippen LogP contribution >= 0.6 is 0 Å². The van der Waals surface area contributed by atoms with E-state index in [0.717, 1.165) is 5.56 Å². The summed E-state index contributed by atoms with van der Waals surface area (Å²) in [5.74, 6) is -1.86. The number of aryl methyl sites for hydroxylation is 1. The first kappa shape index (κ1) is 19.0. The number of anilines is 1. The summed E-state index contributed by atoms with van der Waals surface area (Å²) in [7, 11) is 0. The number of fused-ring (bicyclic) bond motifs is 1. The largest absolute Gasteiger partial charge is 0.508 e. The number of rotatable bonds is 3. The average Bonchev–Trinajstić information content (AvgIpc) is 3.02. The number of benzene rings is 2. The molecule has 150 valence electrons. The van der Waals surface area contributed by atoms with Crippen molar-refractivity contribution in [2.24, 2.45) is 5.92 Å². The van der Waals surface area contributed by atoms with Crippen molar-refractivity contribution in [2.45, 2.75) is 31.8 Å². The maximum Gasteiger partial charge on any atom is 0.267 e. The van der Waals surface area contributed by atoms with Gasteiger partial charge >= 0.3 is 0 Å². The van der Waals surface area contributed by atoms with Crippen LogP contribution in [0.4, 0.5) is 5.69 Å². The third kappa shape index (κ3) is 3.34. The molecular weight excluding hydrogens is 370 g/mol. The summed E-state index contributed by atoms with van der Waals surface area (Å²) in [4.78, 5) is 25.9. The number of para-hydroxylation sites is 1. The van der Waals surface area contributed by atoms with Crippen molar-refractivity contribution in [1.82, 2.24) is 10.2 Å². The monoisotopic (exact) mass is 393 g/mol. The smallest absolute Gasteiger partial charge is 0.267 e. The van der Waals surface area contributed by atoms with E-state index in [9.17, 15) is 19.8 Å². The van der Waals surface area contributed by atoms with Gasteiger partial charge in [-0.05, 0) is 43.2 Å². The number of hydrogen-bond donors (Lipinski definition) is 5. The Bertz CT molecular complexity index is 1110. The number of hydrogen-bond acceptors (Lipinski definition) is 4. The molecular formula is C22H23N3O4. The molecule has 7 nitrogen and oxygen atoms in total. The minimum Gasteiger partial charge on any atom is -0.508 e. The van der Waals surface area contributed by atoms with Gasteiger partial charge in [-0.2, -0.15) is 0 Å². The molecule has 0 unspecified atom stereocenters. The van der Waals surface area contributed by atoms with E-state index in [1.54, 1.807) is 25.1 Å². The van der Waals surface area contributed by atoms with Gasteiger partial charge in [-0.25, -0.2) is 0 Å². The van der Waals surface area contributed by atoms with E-state index in [1.165, 1.54) is 12.1 Å². The van der Waals surface area contributed by atoms with Crippen molar-refractivity contribution >= 4 is 11.6 Å². The van der Waals surface area contributed by atoms with Gasteiger partial charge in [-0.1, -0.05) is 30.3 Å². The molecule has 4 rings (SSSR count). The number of amides is 1. The molecule has 0 aliphatic heterocycles. The molecule has 1 aliphatic carbocycles. The highest BCUT2D eigenvalue weighted by Crippen LogP contribution is 2.44. The van der Waals surface area contributed by atoms with E-state index >= 15 is 0 Å². The lowest BCUT2D eigenvalue weighted by Crippen LogP contribution is -2.51. The predicted molar refractivity (Wildman–Crippen MR) is 109 cm³/mol. The maximum absolute atomic E-state index is 13.4. The molecule has 1 heterocycles. The number of phenols is 1. The van der Waals surface area contributed by atoms with Gasteiger partial charge in [0, 0.05) is 29.3 Å². The average molecular weight is 393 g/mol. The van der Waals surface area contributed by atoms with Gasteiger partial charge in [0.2, 0.25) is 5.91 Å². The van der Waals surface area contributed by atoms with Gasteiger partial charge in [0.05, 0.1) is 11.5 Å². The van der Waals surface area contributed by atoms with Crippen LogP contribution in [0, 0.1) is 12.8 Å². The Morgan fingerprint density at radius 3 is 2.52 bits per heavy atom. The molecule has 0 radical (unpaired) electrons. The van der Waals surface area contributed by atoms with E-state index in [-0.39, 0.29) is 23.6 Å². The fraction of sp³-hybridized carbons (Fsp3) is 0.273. The molecule has 1 aromatic heterocycles. The van der Waals surface area contributed by atoms with Crippen molar-refractivity contribution in [3.8, 4) is 5.75 Å². The first-order valence-electron chi connectivity index (χ1n) is 9.45. The molecule has 0 saturated heterocycles. The number of carbonyl (C=O) groups is 1. The number of aromatic amines is 2. The van der Waals surface area contributed by atoms with Gasteiger partial charge in [0.15, 0.2) is 0 Å². The number of nitrogens with one attached hydrogen (secondary N) is 3. The zero-order chi connectivity index (χ0) is 20.8. The highest BCUT2D eigenvalue weighted by Gasteiger charge is 2.50. The molecule has 5 N–H and O–H groups in total. The normalized spacial score (nSPS) is 23.4. The number of aliphatic hydroxyl groups is 1. The van der Waals surface area contributed by atoms with Crippen molar-refractivity contribution in [1.29, 1.82) is 0 Å². The van der Waals surface area contributed by atoms with Crippen molar-refractivity contribution in [3.63, 3.8) is 0 Å². The van der Waals surface area contributed by atoms with Crippen LogP contribution in [0.5, 0.6) is 5.75 Å². The van der Waals surface area contributed by atoms with Gasteiger partial charge in [0.1, 0.15) is 5.75 Å². The van der Waals surface area contributed by atoms with Crippen LogP contribution in [-0.2, 0) is 11.2 Å². The van der Waals surface area contributed by atoms with Crippen molar-refractivity contribution in [3.05, 3.63) is 81.3 Å². The summed E-state index contributed by atoms with van der Waals surface area (Å²) in [5, 5.41) is 29.2. The Kier molecular flexibility index (Phi) is 4.55. The molecule has 0 spiro atoms. The van der Waals surface area contributed by atoms with Crippen LogP contribution in [0.3, 0.4) is 0 Å². The standard InChI is InChI=1S/C22H23N3O4/c1-12-5-3-4-6-15(12)23-21(28)19-17(13-7-9-14(26)10-8-13)18-16(11-22(19,2)29)24-25-20(18)27/h3-10,17,19,26,29H,11H2,1-2H3,(H,23,28)(H2,24,25,27)/t17-,19+,22+/m1/s1. The lowest BCUT2D eigenvalue weighted by atomic mass is 9.66. The van der Waals surface area contributed by atoms with Crippen LogP contribution in [0.25, 0.3) is 0 Å². The number of aromatic nitrogens is 2. The topological polar surface area (TPSA) is 118 Å². The summed E-state index contributed by atoms with van der Waals surface area (Å²) in [6.45, 7) is 3.50. The summed E-state index contributed by atoms with van der Waals surface area (Å²) in [5.41, 5.74) is 1.53. The Hall–Kier alpha value is -3.32. The highest BCUT2D eigenvalue weighted by atomic mass is 16.3. The molecule has 3 atom stereocenters. The Labute approximate surface area is 167 Å². The van der Waals surface area contributed by atoms with Crippen molar-refractivity contribution in [2.75, 3.05) is 5.32 Å². The number of aromatic hydroxyl groups is 1. The molecule has 29 heavy (non-hydrogen) atoms. The lowest BCUT2D eigenvalue weighted by Gasteiger charge is -2.41. The fourth-order valence-electron chi connectivity index (χ4n) is 4.26. The second-order valence-corrected chi connectivity index (χ2v) is 7.86. The van der Waals surface area contributed by atoms with E-state index in [2.05, 4.69) is 15.5 Å². The first-order chi connectivity index (χ1) is 13.8. The van der Waals surface area contributed by atoms with Crippen LogP contribution in [-0.4, -0.2) is 31.9 Å². The Morgan fingerprint density at radius 2 is 1.83 bits per heavy atom. The molecule has 0 fully saturated rings. The Balaban J connectivity index is 1.83. The van der Waals surface area contributed by atoms with E-state index in [1.807, 2.05) is 25.1 Å². The third-order valence-electron chi connectivity index (χ3n) is 5.68. The van der Waals surface area contributed by atoms with Crippen LogP contribution in [0.15, 0.2) is 53.3 Å². The predicted octanol–water partition coefficient (Wildman–Crippen LogP) is 2.41. The molecule has 0 bridgehead atoms. The maximum atomic E-state index is 13.4. The minimum absolute atomic E-state index is 0.0837. The summed E-state index contributed by atoms with van der Waals surface area (Å²) < 4.78 is 0. The van der Waals surface area contributed by atoms with Crippen molar-refractivity contribution < 1.29 is 15.0 Å². The van der Waals surface area contributed by atoms with Crippen LogP contribution in [0.1, 0.15) is 35.2 Å². The summed E-state index contributed by atoms with van der Waals surface area (Å²) in [6, 6.07) is 13.8. The second kappa shape index (κ2) is 6.93. The highest BCUT2D eigenvalue weighted by molar-refractivity contribution is 5.95. The molecule has 3 aromatic rings. The number of carbonyl (C=O) groups excluding carboxylic acids is 1. The number of phenolic OH excluding ortho intramolecular Hbond substituents is 1. The minimum atomic E-state index is -1.40.